The molecule has 2 aliphatic rings. The fraction of sp³-hybridized carbons (Fsp3) is 0.400. The Hall–Kier alpha value is -2.18. The first kappa shape index (κ1) is 22.0. The van der Waals surface area contributed by atoms with Crippen LogP contribution in [-0.4, -0.2) is 35.4 Å². The van der Waals surface area contributed by atoms with Gasteiger partial charge in [0.15, 0.2) is 12.1 Å². The van der Waals surface area contributed by atoms with Crippen molar-refractivity contribution in [2.24, 2.45) is 11.8 Å². The maximum absolute atomic E-state index is 11.9. The van der Waals surface area contributed by atoms with Crippen molar-refractivity contribution >= 4 is 23.6 Å². The minimum atomic E-state index is -0.837. The van der Waals surface area contributed by atoms with Crippen LogP contribution in [0.2, 0.25) is 5.02 Å². The average Bonchev–Trinajstić information content (AvgIpc) is 3.20. The molecule has 2 saturated heterocycles. The zero-order valence-corrected chi connectivity index (χ0v) is 18.6. The molecule has 2 aliphatic heterocycles. The van der Waals surface area contributed by atoms with E-state index in [9.17, 15) is 9.90 Å². The molecule has 0 saturated carbocycles. The van der Waals surface area contributed by atoms with Crippen LogP contribution < -0.4 is 0 Å². The highest BCUT2D eigenvalue weighted by Gasteiger charge is 2.57. The third kappa shape index (κ3) is 4.70. The van der Waals surface area contributed by atoms with Crippen molar-refractivity contribution in [3.05, 3.63) is 65.2 Å². The normalized spacial score (nSPS) is 28.0. The smallest absolute Gasteiger partial charge is 0.306 e. The summed E-state index contributed by atoms with van der Waals surface area (Å²) in [6, 6.07) is 15.9. The minimum absolute atomic E-state index is 0.320. The molecule has 2 heterocycles. The second-order valence-electron chi connectivity index (χ2n) is 8.49. The molecule has 4 rings (SSSR count). The Labute approximate surface area is 187 Å². The number of benzene rings is 2. The maximum Gasteiger partial charge on any atom is 0.306 e. The predicted octanol–water partition coefficient (Wildman–Crippen LogP) is 5.62. The lowest BCUT2D eigenvalue weighted by Gasteiger charge is -2.27. The van der Waals surface area contributed by atoms with Crippen LogP contribution in [0.5, 0.6) is 0 Å². The summed E-state index contributed by atoms with van der Waals surface area (Å²) in [5.41, 5.74) is 3.19. The van der Waals surface area contributed by atoms with E-state index in [-0.39, 0.29) is 5.92 Å². The topological polar surface area (TPSA) is 65.0 Å². The van der Waals surface area contributed by atoms with Crippen LogP contribution in [0.4, 0.5) is 0 Å². The summed E-state index contributed by atoms with van der Waals surface area (Å²) in [7, 11) is 0. The van der Waals surface area contributed by atoms with Gasteiger partial charge in [0.1, 0.15) is 6.10 Å². The molecule has 2 aromatic rings. The molecule has 5 atom stereocenters. The summed E-state index contributed by atoms with van der Waals surface area (Å²) >= 11 is 5.97. The fourth-order valence-electron chi connectivity index (χ4n) is 4.43. The number of rotatable bonds is 6. The summed E-state index contributed by atoms with van der Waals surface area (Å²) in [5.74, 6) is -2.51. The SMILES string of the molecule is CCC(C(=O)O)[C@H]1[C@H]2OC(C)(C)O[C@H]2O[C@@H]1/C=C/c1ccc(-c2ccc(Cl)cc2)cc1. The molecule has 0 amide bonds. The van der Waals surface area contributed by atoms with Gasteiger partial charge in [0.05, 0.1) is 12.0 Å². The molecule has 5 nitrogen and oxygen atoms in total. The number of hydrogen-bond donors (Lipinski definition) is 1. The quantitative estimate of drug-likeness (QED) is 0.628. The summed E-state index contributed by atoms with van der Waals surface area (Å²) < 4.78 is 18.0. The molecule has 0 spiro atoms. The molecule has 164 valence electrons. The number of fused-ring (bicyclic) bond motifs is 1. The third-order valence-electron chi connectivity index (χ3n) is 5.93. The first-order valence-electron chi connectivity index (χ1n) is 10.6. The zero-order chi connectivity index (χ0) is 22.2. The highest BCUT2D eigenvalue weighted by Crippen LogP contribution is 2.45. The number of ether oxygens (including phenoxy) is 3. The molecule has 1 unspecified atom stereocenters. The van der Waals surface area contributed by atoms with Crippen LogP contribution in [0, 0.1) is 11.8 Å². The van der Waals surface area contributed by atoms with E-state index in [1.165, 1.54) is 0 Å². The monoisotopic (exact) mass is 442 g/mol. The Bertz CT molecular complexity index is 951. The van der Waals surface area contributed by atoms with Crippen molar-refractivity contribution in [3.63, 3.8) is 0 Å². The fourth-order valence-corrected chi connectivity index (χ4v) is 4.56. The van der Waals surface area contributed by atoms with Gasteiger partial charge in [-0.15, -0.1) is 0 Å². The summed E-state index contributed by atoms with van der Waals surface area (Å²) in [5, 5.41) is 10.5. The second kappa shape index (κ2) is 8.75. The molecule has 0 aromatic heterocycles. The van der Waals surface area contributed by atoms with E-state index in [1.54, 1.807) is 0 Å². The molecular weight excluding hydrogens is 416 g/mol. The second-order valence-corrected chi connectivity index (χ2v) is 8.92. The number of aliphatic carboxylic acids is 1. The molecule has 0 radical (unpaired) electrons. The van der Waals surface area contributed by atoms with Gasteiger partial charge in [-0.1, -0.05) is 67.1 Å². The van der Waals surface area contributed by atoms with Gasteiger partial charge in [0, 0.05) is 10.9 Å². The number of carboxylic acid groups (broad SMARTS) is 1. The Morgan fingerprint density at radius 2 is 1.71 bits per heavy atom. The van der Waals surface area contributed by atoms with Gasteiger partial charge in [-0.3, -0.25) is 4.79 Å². The first-order valence-corrected chi connectivity index (χ1v) is 10.9. The van der Waals surface area contributed by atoms with Crippen molar-refractivity contribution in [2.45, 2.75) is 51.5 Å². The number of carboxylic acids is 1. The van der Waals surface area contributed by atoms with Gasteiger partial charge in [-0.25, -0.2) is 0 Å². The van der Waals surface area contributed by atoms with Crippen LogP contribution >= 0.6 is 11.6 Å². The van der Waals surface area contributed by atoms with Gasteiger partial charge >= 0.3 is 5.97 Å². The number of halogens is 1. The molecule has 6 heteroatoms. The lowest BCUT2D eigenvalue weighted by Crippen LogP contribution is -2.37. The van der Waals surface area contributed by atoms with Crippen molar-refractivity contribution in [1.29, 1.82) is 0 Å². The van der Waals surface area contributed by atoms with E-state index in [0.29, 0.717) is 11.4 Å². The Morgan fingerprint density at radius 3 is 2.29 bits per heavy atom. The molecule has 0 aliphatic carbocycles. The predicted molar refractivity (Wildman–Crippen MR) is 120 cm³/mol. The molecule has 1 N–H and O–H groups in total. The third-order valence-corrected chi connectivity index (χ3v) is 6.18. The van der Waals surface area contributed by atoms with E-state index in [1.807, 2.05) is 81.5 Å². The van der Waals surface area contributed by atoms with E-state index in [0.717, 1.165) is 16.7 Å². The van der Waals surface area contributed by atoms with Crippen molar-refractivity contribution in [3.8, 4) is 11.1 Å². The standard InChI is InChI=1S/C25H27ClO5/c1-4-19(23(27)28)21-20(29-24-22(21)30-25(2,3)31-24)14-7-15-5-8-16(9-6-15)17-10-12-18(26)13-11-17/h5-14,19-22,24H,4H2,1-3H3,(H,27,28)/b14-7+/t19?,20-,21-,22-,24-/m1/s1. The lowest BCUT2D eigenvalue weighted by atomic mass is 9.82. The Balaban J connectivity index is 1.53. The molecule has 0 bridgehead atoms. The van der Waals surface area contributed by atoms with Gasteiger partial charge in [-0.05, 0) is 49.1 Å². The maximum atomic E-state index is 11.9. The van der Waals surface area contributed by atoms with Gasteiger partial charge < -0.3 is 19.3 Å². The number of hydrogen-bond acceptors (Lipinski definition) is 4. The van der Waals surface area contributed by atoms with E-state index in [2.05, 4.69) is 0 Å². The van der Waals surface area contributed by atoms with Gasteiger partial charge in [-0.2, -0.15) is 0 Å². The Kier molecular flexibility index (Phi) is 6.22. The average molecular weight is 443 g/mol. The van der Waals surface area contributed by atoms with E-state index >= 15 is 0 Å². The van der Waals surface area contributed by atoms with Crippen LogP contribution in [-0.2, 0) is 19.0 Å². The molecule has 2 fully saturated rings. The number of carbonyl (C=O) groups is 1. The van der Waals surface area contributed by atoms with E-state index < -0.39 is 36.2 Å². The summed E-state index contributed by atoms with van der Waals surface area (Å²) in [6.45, 7) is 5.52. The highest BCUT2D eigenvalue weighted by atomic mass is 35.5. The minimum Gasteiger partial charge on any atom is -0.481 e. The van der Waals surface area contributed by atoms with Gasteiger partial charge in [0.2, 0.25) is 0 Å². The van der Waals surface area contributed by atoms with Crippen molar-refractivity contribution < 1.29 is 24.1 Å². The zero-order valence-electron chi connectivity index (χ0n) is 17.8. The van der Waals surface area contributed by atoms with E-state index in [4.69, 9.17) is 25.8 Å². The first-order chi connectivity index (χ1) is 14.8. The van der Waals surface area contributed by atoms with Crippen LogP contribution in [0.25, 0.3) is 17.2 Å². The molecular formula is C25H27ClO5. The lowest BCUT2D eigenvalue weighted by molar-refractivity contribution is -0.207. The Morgan fingerprint density at radius 1 is 1.10 bits per heavy atom. The van der Waals surface area contributed by atoms with Crippen LogP contribution in [0.3, 0.4) is 0 Å². The van der Waals surface area contributed by atoms with Crippen LogP contribution in [0.1, 0.15) is 32.8 Å². The largest absolute Gasteiger partial charge is 0.481 e. The molecule has 31 heavy (non-hydrogen) atoms. The summed E-state index contributed by atoms with van der Waals surface area (Å²) in [6.07, 6.45) is 3.02. The summed E-state index contributed by atoms with van der Waals surface area (Å²) in [4.78, 5) is 11.9. The molecule has 2 aromatic carbocycles. The van der Waals surface area contributed by atoms with Crippen LogP contribution in [0.15, 0.2) is 54.6 Å². The van der Waals surface area contributed by atoms with Crippen molar-refractivity contribution in [2.75, 3.05) is 0 Å². The highest BCUT2D eigenvalue weighted by molar-refractivity contribution is 6.30. The van der Waals surface area contributed by atoms with Gasteiger partial charge in [0.25, 0.3) is 0 Å². The van der Waals surface area contributed by atoms with Crippen molar-refractivity contribution in [1.82, 2.24) is 0 Å².